The number of nitrogens with zero attached hydrogens (tertiary/aromatic N) is 2. The molecular weight excluding hydrogens is 384 g/mol. The molecule has 0 aliphatic carbocycles. The molecule has 0 radical (unpaired) electrons. The maximum Gasteiger partial charge on any atom is 0.410 e. The molecule has 2 heterocycles. The molecule has 30 heavy (non-hydrogen) atoms. The second-order valence-corrected chi connectivity index (χ2v) is 9.01. The van der Waals surface area contributed by atoms with Crippen LogP contribution in [-0.2, 0) is 9.53 Å². The van der Waals surface area contributed by atoms with Gasteiger partial charge in [-0.05, 0) is 64.3 Å². The van der Waals surface area contributed by atoms with Crippen molar-refractivity contribution in [1.82, 2.24) is 10.2 Å². The molecule has 2 unspecified atom stereocenters. The molecule has 2 fully saturated rings. The fraction of sp³-hybridized carbons (Fsp3) is 0.591. The maximum absolute atomic E-state index is 12.7. The molecule has 1 aromatic carbocycles. The Hall–Kier alpha value is -2.61. The summed E-state index contributed by atoms with van der Waals surface area (Å²) in [5, 5.41) is 2.95. The highest BCUT2D eigenvalue weighted by atomic mass is 16.6. The lowest BCUT2D eigenvalue weighted by Gasteiger charge is -2.37. The summed E-state index contributed by atoms with van der Waals surface area (Å²) < 4.78 is 5.43. The van der Waals surface area contributed by atoms with E-state index >= 15 is 0 Å². The number of carbonyl (C=O) groups excluding carboxylic acids is 3. The van der Waals surface area contributed by atoms with Crippen molar-refractivity contribution in [2.24, 2.45) is 5.73 Å². The molecule has 3 N–H and O–H groups in total. The molecule has 2 saturated heterocycles. The van der Waals surface area contributed by atoms with E-state index in [0.29, 0.717) is 38.0 Å². The van der Waals surface area contributed by atoms with Crippen molar-refractivity contribution in [2.75, 3.05) is 24.5 Å². The van der Waals surface area contributed by atoms with E-state index in [-0.39, 0.29) is 23.9 Å². The summed E-state index contributed by atoms with van der Waals surface area (Å²) in [7, 11) is 0. The van der Waals surface area contributed by atoms with E-state index in [0.717, 1.165) is 18.5 Å². The van der Waals surface area contributed by atoms with Crippen LogP contribution in [0.15, 0.2) is 24.3 Å². The lowest BCUT2D eigenvalue weighted by molar-refractivity contribution is -0.119. The van der Waals surface area contributed by atoms with E-state index in [1.807, 2.05) is 20.8 Å². The van der Waals surface area contributed by atoms with Crippen LogP contribution < -0.4 is 16.0 Å². The highest BCUT2D eigenvalue weighted by Crippen LogP contribution is 2.21. The van der Waals surface area contributed by atoms with E-state index in [4.69, 9.17) is 10.5 Å². The summed E-state index contributed by atoms with van der Waals surface area (Å²) in [6.07, 6.45) is 2.67. The van der Waals surface area contributed by atoms with Crippen LogP contribution >= 0.6 is 0 Å². The summed E-state index contributed by atoms with van der Waals surface area (Å²) in [5.41, 5.74) is 6.92. The molecule has 2 aliphatic rings. The number of nitrogens with two attached hydrogens (primary N) is 1. The fourth-order valence-electron chi connectivity index (χ4n) is 3.74. The summed E-state index contributed by atoms with van der Waals surface area (Å²) in [5.74, 6) is -0.133. The third kappa shape index (κ3) is 5.50. The minimum Gasteiger partial charge on any atom is -0.444 e. The number of carbonyl (C=O) groups is 3. The second-order valence-electron chi connectivity index (χ2n) is 9.01. The number of nitrogens with one attached hydrogen (secondary N) is 1. The fourth-order valence-corrected chi connectivity index (χ4v) is 3.74. The molecule has 0 aromatic heterocycles. The minimum atomic E-state index is -0.577. The van der Waals surface area contributed by atoms with Crippen LogP contribution in [0.1, 0.15) is 56.8 Å². The number of hydrogen-bond acceptors (Lipinski definition) is 5. The van der Waals surface area contributed by atoms with Gasteiger partial charge in [0, 0.05) is 43.3 Å². The van der Waals surface area contributed by atoms with Crippen molar-refractivity contribution in [1.29, 1.82) is 0 Å². The van der Waals surface area contributed by atoms with Crippen LogP contribution in [0.5, 0.6) is 0 Å². The van der Waals surface area contributed by atoms with Gasteiger partial charge in [0.15, 0.2) is 0 Å². The highest BCUT2D eigenvalue weighted by molar-refractivity contribution is 5.97. The summed E-state index contributed by atoms with van der Waals surface area (Å²) in [6, 6.07) is 6.43. The minimum absolute atomic E-state index is 0.119. The standard InChI is InChI=1S/C22H32N4O4/c1-22(2,3)30-21(29)25-13-11-17(23)18(14-25)24-20(28)15-7-9-16(10-8-15)26-12-5-4-6-19(26)27/h7-10,17-18H,4-6,11-14,23H2,1-3H3,(H,24,28). The first-order valence-electron chi connectivity index (χ1n) is 10.6. The zero-order chi connectivity index (χ0) is 21.9. The molecule has 0 spiro atoms. The Morgan fingerprint density at radius 1 is 1.13 bits per heavy atom. The SMILES string of the molecule is CC(C)(C)OC(=O)N1CCC(N)C(NC(=O)c2ccc(N3CCCCC3=O)cc2)C1. The van der Waals surface area contributed by atoms with Gasteiger partial charge in [0.05, 0.1) is 6.04 Å². The van der Waals surface area contributed by atoms with Crippen LogP contribution in [0.2, 0.25) is 0 Å². The van der Waals surface area contributed by atoms with Crippen LogP contribution in [0, 0.1) is 0 Å². The number of likely N-dealkylation sites (tertiary alicyclic amines) is 1. The average Bonchev–Trinajstić information content (AvgIpc) is 2.69. The van der Waals surface area contributed by atoms with Gasteiger partial charge in [-0.3, -0.25) is 9.59 Å². The predicted molar refractivity (Wildman–Crippen MR) is 114 cm³/mol. The van der Waals surface area contributed by atoms with E-state index in [9.17, 15) is 14.4 Å². The molecule has 164 valence electrons. The smallest absolute Gasteiger partial charge is 0.410 e. The quantitative estimate of drug-likeness (QED) is 0.786. The van der Waals surface area contributed by atoms with E-state index in [1.54, 1.807) is 34.1 Å². The lowest BCUT2D eigenvalue weighted by atomic mass is 10.00. The topological polar surface area (TPSA) is 105 Å². The molecule has 2 atom stereocenters. The molecule has 1 aromatic rings. The van der Waals surface area contributed by atoms with Crippen molar-refractivity contribution in [3.05, 3.63) is 29.8 Å². The van der Waals surface area contributed by atoms with Crippen LogP contribution in [0.3, 0.4) is 0 Å². The molecule has 3 rings (SSSR count). The first kappa shape index (κ1) is 22.1. The third-order valence-corrected chi connectivity index (χ3v) is 5.40. The number of piperidine rings is 2. The zero-order valence-electron chi connectivity index (χ0n) is 18.0. The van der Waals surface area contributed by atoms with Crippen molar-refractivity contribution >= 4 is 23.6 Å². The van der Waals surface area contributed by atoms with Gasteiger partial charge < -0.3 is 25.6 Å². The largest absolute Gasteiger partial charge is 0.444 e. The molecule has 8 heteroatoms. The summed E-state index contributed by atoms with van der Waals surface area (Å²) in [4.78, 5) is 40.5. The van der Waals surface area contributed by atoms with Gasteiger partial charge >= 0.3 is 6.09 Å². The Balaban J connectivity index is 1.61. The number of ether oxygens (including phenoxy) is 1. The van der Waals surface area contributed by atoms with E-state index in [1.165, 1.54) is 0 Å². The van der Waals surface area contributed by atoms with Gasteiger partial charge in [-0.25, -0.2) is 4.79 Å². The molecular formula is C22H32N4O4. The number of anilines is 1. The Bertz CT molecular complexity index is 787. The van der Waals surface area contributed by atoms with Crippen molar-refractivity contribution in [3.63, 3.8) is 0 Å². The normalized spacial score (nSPS) is 22.6. The number of hydrogen-bond donors (Lipinski definition) is 2. The summed E-state index contributed by atoms with van der Waals surface area (Å²) >= 11 is 0. The molecule has 0 bridgehead atoms. The van der Waals surface area contributed by atoms with E-state index < -0.39 is 11.7 Å². The second kappa shape index (κ2) is 9.04. The van der Waals surface area contributed by atoms with Crippen molar-refractivity contribution < 1.29 is 19.1 Å². The van der Waals surface area contributed by atoms with Crippen LogP contribution in [0.25, 0.3) is 0 Å². The number of amides is 3. The van der Waals surface area contributed by atoms with Gasteiger partial charge in [0.1, 0.15) is 5.60 Å². The molecule has 8 nitrogen and oxygen atoms in total. The first-order chi connectivity index (χ1) is 14.1. The first-order valence-corrected chi connectivity index (χ1v) is 10.6. The summed E-state index contributed by atoms with van der Waals surface area (Å²) in [6.45, 7) is 6.98. The van der Waals surface area contributed by atoms with Crippen molar-refractivity contribution in [2.45, 2.75) is 64.1 Å². The van der Waals surface area contributed by atoms with Gasteiger partial charge in [0.25, 0.3) is 5.91 Å². The van der Waals surface area contributed by atoms with Gasteiger partial charge in [-0.1, -0.05) is 0 Å². The zero-order valence-corrected chi connectivity index (χ0v) is 18.0. The Morgan fingerprint density at radius 3 is 2.47 bits per heavy atom. The number of benzene rings is 1. The molecule has 2 aliphatic heterocycles. The predicted octanol–water partition coefficient (Wildman–Crippen LogP) is 2.27. The van der Waals surface area contributed by atoms with Gasteiger partial charge in [-0.15, -0.1) is 0 Å². The van der Waals surface area contributed by atoms with E-state index in [2.05, 4.69) is 5.32 Å². The lowest BCUT2D eigenvalue weighted by Crippen LogP contribution is -2.59. The Labute approximate surface area is 177 Å². The molecule has 3 amide bonds. The highest BCUT2D eigenvalue weighted by Gasteiger charge is 2.32. The van der Waals surface area contributed by atoms with Crippen LogP contribution in [-0.4, -0.2) is 60.1 Å². The van der Waals surface area contributed by atoms with Crippen molar-refractivity contribution in [3.8, 4) is 0 Å². The third-order valence-electron chi connectivity index (χ3n) is 5.40. The van der Waals surface area contributed by atoms with Gasteiger partial charge in [-0.2, -0.15) is 0 Å². The number of rotatable bonds is 3. The molecule has 0 saturated carbocycles. The average molecular weight is 417 g/mol. The monoisotopic (exact) mass is 416 g/mol. The Kier molecular flexibility index (Phi) is 6.65. The maximum atomic E-state index is 12.7. The Morgan fingerprint density at radius 2 is 1.83 bits per heavy atom. The van der Waals surface area contributed by atoms with Gasteiger partial charge in [0.2, 0.25) is 5.91 Å². The van der Waals surface area contributed by atoms with Crippen LogP contribution in [0.4, 0.5) is 10.5 Å².